The zero-order valence-corrected chi connectivity index (χ0v) is 18.5. The van der Waals surface area contributed by atoms with Crippen LogP contribution in [0.25, 0.3) is 10.2 Å². The Bertz CT molecular complexity index is 1170. The number of fused-ring (bicyclic) bond motifs is 1. The van der Waals surface area contributed by atoms with E-state index in [4.69, 9.17) is 9.72 Å². The Kier molecular flexibility index (Phi) is 6.79. The topological polar surface area (TPSA) is 55.3 Å². The van der Waals surface area contributed by atoms with Crippen LogP contribution in [0.15, 0.2) is 71.9 Å². The highest BCUT2D eigenvalue weighted by molar-refractivity contribution is 8.00. The van der Waals surface area contributed by atoms with Gasteiger partial charge >= 0.3 is 0 Å². The number of ether oxygens (including phenoxy) is 1. The molecule has 0 saturated carbocycles. The number of rotatable bonds is 8. The molecule has 31 heavy (non-hydrogen) atoms. The number of nitrogens with zero attached hydrogens (tertiary/aromatic N) is 3. The highest BCUT2D eigenvalue weighted by atomic mass is 32.2. The summed E-state index contributed by atoms with van der Waals surface area (Å²) in [5, 5.41) is 0.607. The molecule has 0 bridgehead atoms. The lowest BCUT2D eigenvalue weighted by atomic mass is 10.2. The molecule has 8 heteroatoms. The third-order valence-corrected chi connectivity index (χ3v) is 6.48. The lowest BCUT2D eigenvalue weighted by molar-refractivity contribution is -0.116. The molecule has 0 N–H and O–H groups in total. The molecule has 0 atom stereocenters. The number of anilines is 1. The molecule has 0 radical (unpaired) electrons. The number of pyridine rings is 1. The maximum Gasteiger partial charge on any atom is 0.239 e. The summed E-state index contributed by atoms with van der Waals surface area (Å²) in [5.74, 6) is 0.528. The summed E-state index contributed by atoms with van der Waals surface area (Å²) in [6.07, 6.45) is 3.44. The molecule has 4 aromatic rings. The van der Waals surface area contributed by atoms with Gasteiger partial charge in [-0.25, -0.2) is 9.37 Å². The van der Waals surface area contributed by atoms with Crippen LogP contribution in [-0.2, 0) is 11.3 Å². The van der Waals surface area contributed by atoms with Crippen LogP contribution in [0.2, 0.25) is 0 Å². The normalized spacial score (nSPS) is 10.9. The first-order valence-electron chi connectivity index (χ1n) is 9.74. The van der Waals surface area contributed by atoms with E-state index in [1.165, 1.54) is 35.2 Å². The minimum absolute atomic E-state index is 0.0878. The monoisotopic (exact) mass is 453 g/mol. The minimum atomic E-state index is -0.298. The molecule has 1 amide bonds. The van der Waals surface area contributed by atoms with Crippen molar-refractivity contribution < 1.29 is 13.9 Å². The molecule has 0 unspecified atom stereocenters. The largest absolute Gasteiger partial charge is 0.492 e. The molecule has 158 valence electrons. The number of halogens is 1. The average Bonchev–Trinajstić information content (AvgIpc) is 3.23. The Balaban J connectivity index is 1.62. The Morgan fingerprint density at radius 3 is 2.74 bits per heavy atom. The zero-order chi connectivity index (χ0) is 21.6. The number of hydrogen-bond acceptors (Lipinski definition) is 6. The lowest BCUT2D eigenvalue weighted by Crippen LogP contribution is -2.31. The van der Waals surface area contributed by atoms with Crippen molar-refractivity contribution in [1.29, 1.82) is 0 Å². The van der Waals surface area contributed by atoms with Gasteiger partial charge < -0.3 is 4.74 Å². The van der Waals surface area contributed by atoms with Gasteiger partial charge in [0.1, 0.15) is 17.1 Å². The van der Waals surface area contributed by atoms with Crippen LogP contribution < -0.4 is 9.64 Å². The first-order chi connectivity index (χ1) is 15.1. The summed E-state index contributed by atoms with van der Waals surface area (Å²) in [7, 11) is 0. The van der Waals surface area contributed by atoms with Gasteiger partial charge in [0, 0.05) is 17.3 Å². The van der Waals surface area contributed by atoms with Crippen LogP contribution in [0.4, 0.5) is 9.52 Å². The molecule has 2 aromatic heterocycles. The van der Waals surface area contributed by atoms with Crippen molar-refractivity contribution in [2.45, 2.75) is 18.4 Å². The summed E-state index contributed by atoms with van der Waals surface area (Å²) in [4.78, 5) is 24.6. The van der Waals surface area contributed by atoms with Gasteiger partial charge in [-0.15, -0.1) is 11.8 Å². The Morgan fingerprint density at radius 1 is 1.16 bits per heavy atom. The van der Waals surface area contributed by atoms with Crippen molar-refractivity contribution in [3.05, 3.63) is 78.4 Å². The van der Waals surface area contributed by atoms with Crippen molar-refractivity contribution in [2.24, 2.45) is 0 Å². The van der Waals surface area contributed by atoms with E-state index in [0.717, 1.165) is 20.7 Å². The number of hydrogen-bond donors (Lipinski definition) is 0. The fourth-order valence-electron chi connectivity index (χ4n) is 2.99. The number of thiazole rings is 1. The molecule has 5 nitrogen and oxygen atoms in total. The molecule has 2 aromatic carbocycles. The van der Waals surface area contributed by atoms with Gasteiger partial charge in [0.15, 0.2) is 5.13 Å². The summed E-state index contributed by atoms with van der Waals surface area (Å²) in [6.45, 7) is 2.83. The van der Waals surface area contributed by atoms with Crippen LogP contribution in [0, 0.1) is 5.82 Å². The Morgan fingerprint density at radius 2 is 2.00 bits per heavy atom. The molecule has 0 aliphatic heterocycles. The van der Waals surface area contributed by atoms with E-state index in [2.05, 4.69) is 4.98 Å². The minimum Gasteiger partial charge on any atom is -0.492 e. The molecule has 0 spiro atoms. The predicted octanol–water partition coefficient (Wildman–Crippen LogP) is 5.55. The highest BCUT2D eigenvalue weighted by Gasteiger charge is 2.21. The van der Waals surface area contributed by atoms with Crippen LogP contribution in [0.3, 0.4) is 0 Å². The quantitative estimate of drug-likeness (QED) is 0.327. The number of para-hydroxylation sites is 1. The van der Waals surface area contributed by atoms with Crippen LogP contribution in [0.1, 0.15) is 12.5 Å². The van der Waals surface area contributed by atoms with Crippen molar-refractivity contribution >= 4 is 44.4 Å². The van der Waals surface area contributed by atoms with Crippen molar-refractivity contribution in [3.63, 3.8) is 0 Å². The number of thioether (sulfide) groups is 1. The molecule has 0 fully saturated rings. The van der Waals surface area contributed by atoms with Gasteiger partial charge in [0.05, 0.1) is 23.6 Å². The van der Waals surface area contributed by atoms with E-state index in [0.29, 0.717) is 24.0 Å². The number of amides is 1. The van der Waals surface area contributed by atoms with E-state index in [-0.39, 0.29) is 17.5 Å². The maximum atomic E-state index is 13.2. The Labute approximate surface area is 187 Å². The average molecular weight is 454 g/mol. The summed E-state index contributed by atoms with van der Waals surface area (Å²) in [5.41, 5.74) is 1.66. The van der Waals surface area contributed by atoms with Crippen molar-refractivity contribution in [3.8, 4) is 5.75 Å². The number of benzene rings is 2. The van der Waals surface area contributed by atoms with Gasteiger partial charge in [-0.3, -0.25) is 14.7 Å². The van der Waals surface area contributed by atoms with E-state index in [1.54, 1.807) is 29.4 Å². The van der Waals surface area contributed by atoms with Gasteiger partial charge in [0.2, 0.25) is 5.91 Å². The standard InChI is InChI=1S/C23H20FN3O2S2/c1-2-29-19-6-3-7-20-22(19)26-23(31-20)27(14-16-5-4-12-25-13-16)21(28)15-30-18-10-8-17(24)9-11-18/h3-13H,2,14-15H2,1H3. The summed E-state index contributed by atoms with van der Waals surface area (Å²) >= 11 is 2.82. The molecule has 0 aliphatic carbocycles. The van der Waals surface area contributed by atoms with Crippen molar-refractivity contribution in [2.75, 3.05) is 17.3 Å². The van der Waals surface area contributed by atoms with Gasteiger partial charge in [-0.05, 0) is 55.0 Å². The maximum absolute atomic E-state index is 13.2. The highest BCUT2D eigenvalue weighted by Crippen LogP contribution is 2.35. The molecule has 0 saturated heterocycles. The smallest absolute Gasteiger partial charge is 0.239 e. The van der Waals surface area contributed by atoms with E-state index < -0.39 is 0 Å². The fourth-order valence-corrected chi connectivity index (χ4v) is 4.76. The summed E-state index contributed by atoms with van der Waals surface area (Å²) in [6, 6.07) is 15.7. The Hall–Kier alpha value is -2.97. The SMILES string of the molecule is CCOc1cccc2sc(N(Cc3cccnc3)C(=O)CSc3ccc(F)cc3)nc12. The van der Waals surface area contributed by atoms with Crippen LogP contribution in [0.5, 0.6) is 5.75 Å². The number of aromatic nitrogens is 2. The van der Waals surface area contributed by atoms with Crippen LogP contribution >= 0.6 is 23.1 Å². The number of carbonyl (C=O) groups is 1. The zero-order valence-electron chi connectivity index (χ0n) is 16.8. The first kappa shape index (κ1) is 21.3. The molecular weight excluding hydrogens is 433 g/mol. The third-order valence-electron chi connectivity index (χ3n) is 4.44. The number of carbonyl (C=O) groups excluding carboxylic acids is 1. The van der Waals surface area contributed by atoms with Gasteiger partial charge in [-0.1, -0.05) is 23.5 Å². The second kappa shape index (κ2) is 9.89. The fraction of sp³-hybridized carbons (Fsp3) is 0.174. The second-order valence-electron chi connectivity index (χ2n) is 6.62. The lowest BCUT2D eigenvalue weighted by Gasteiger charge is -2.19. The third kappa shape index (κ3) is 5.21. The predicted molar refractivity (Wildman–Crippen MR) is 123 cm³/mol. The molecule has 0 aliphatic rings. The first-order valence-corrected chi connectivity index (χ1v) is 11.5. The van der Waals surface area contributed by atoms with E-state index in [1.807, 2.05) is 37.3 Å². The van der Waals surface area contributed by atoms with Crippen LogP contribution in [-0.4, -0.2) is 28.2 Å². The van der Waals surface area contributed by atoms with Crippen molar-refractivity contribution in [1.82, 2.24) is 9.97 Å². The van der Waals surface area contributed by atoms with E-state index >= 15 is 0 Å². The second-order valence-corrected chi connectivity index (χ2v) is 8.67. The molecular formula is C23H20FN3O2S2. The van der Waals surface area contributed by atoms with Gasteiger partial charge in [-0.2, -0.15) is 0 Å². The molecule has 2 heterocycles. The summed E-state index contributed by atoms with van der Waals surface area (Å²) < 4.78 is 19.8. The van der Waals surface area contributed by atoms with Gasteiger partial charge in [0.25, 0.3) is 0 Å². The molecule has 4 rings (SSSR count). The van der Waals surface area contributed by atoms with E-state index in [9.17, 15) is 9.18 Å².